The molecule has 1 aromatic rings. The molecule has 0 bridgehead atoms. The van der Waals surface area contributed by atoms with E-state index in [-0.39, 0.29) is 0 Å². The fraction of sp³-hybridized carbons (Fsp3) is 0.625. The number of nitrogens with zero attached hydrogens (tertiary/aromatic N) is 1. The third kappa shape index (κ3) is 2.82. The first kappa shape index (κ1) is 13.4. The molecule has 2 atom stereocenters. The Kier molecular flexibility index (Phi) is 4.13. The van der Waals surface area contributed by atoms with Crippen LogP contribution in [0.5, 0.6) is 0 Å². The van der Waals surface area contributed by atoms with E-state index in [0.29, 0.717) is 6.04 Å². The molecule has 2 heterocycles. The number of hydrogen-bond acceptors (Lipinski definition) is 2. The second-order valence-electron chi connectivity index (χ2n) is 5.79. The second-order valence-corrected chi connectivity index (χ2v) is 6.71. The fourth-order valence-electron chi connectivity index (χ4n) is 3.61. The van der Waals surface area contributed by atoms with Gasteiger partial charge in [0.25, 0.3) is 0 Å². The van der Waals surface area contributed by atoms with Crippen molar-refractivity contribution < 1.29 is 0 Å². The predicted octanol–water partition coefficient (Wildman–Crippen LogP) is 4.05. The van der Waals surface area contributed by atoms with Crippen molar-refractivity contribution in [3.8, 4) is 0 Å². The first-order valence-corrected chi connectivity index (χ1v) is 8.36. The van der Waals surface area contributed by atoms with Crippen LogP contribution in [0.1, 0.15) is 38.2 Å². The lowest BCUT2D eigenvalue weighted by Gasteiger charge is -2.33. The van der Waals surface area contributed by atoms with Crippen LogP contribution in [-0.2, 0) is 6.42 Å². The summed E-state index contributed by atoms with van der Waals surface area (Å²) in [5, 5.41) is 3.82. The average molecular weight is 323 g/mol. The molecule has 2 nitrogen and oxygen atoms in total. The predicted molar refractivity (Wildman–Crippen MR) is 84.8 cm³/mol. The van der Waals surface area contributed by atoms with Gasteiger partial charge in [0.1, 0.15) is 0 Å². The summed E-state index contributed by atoms with van der Waals surface area (Å²) in [6.07, 6.45) is 6.55. The van der Waals surface area contributed by atoms with E-state index in [2.05, 4.69) is 51.3 Å². The molecular weight excluding hydrogens is 300 g/mol. The van der Waals surface area contributed by atoms with Crippen molar-refractivity contribution in [2.75, 3.05) is 18.4 Å². The highest BCUT2D eigenvalue weighted by atomic mass is 79.9. The minimum atomic E-state index is 0.645. The minimum absolute atomic E-state index is 0.645. The van der Waals surface area contributed by atoms with Gasteiger partial charge in [0.05, 0.1) is 0 Å². The summed E-state index contributed by atoms with van der Waals surface area (Å²) in [5.74, 6) is 0. The van der Waals surface area contributed by atoms with Crippen molar-refractivity contribution in [3.05, 3.63) is 28.2 Å². The Bertz CT molecular complexity index is 446. The van der Waals surface area contributed by atoms with Gasteiger partial charge in [0.15, 0.2) is 0 Å². The Labute approximate surface area is 124 Å². The highest BCUT2D eigenvalue weighted by molar-refractivity contribution is 9.10. The van der Waals surface area contributed by atoms with Gasteiger partial charge in [-0.1, -0.05) is 29.3 Å². The third-order valence-electron chi connectivity index (χ3n) is 4.65. The van der Waals surface area contributed by atoms with Gasteiger partial charge in [0.2, 0.25) is 0 Å². The van der Waals surface area contributed by atoms with Gasteiger partial charge in [0, 0.05) is 28.8 Å². The molecule has 2 aliphatic heterocycles. The largest absolute Gasteiger partial charge is 0.380 e. The molecule has 0 radical (unpaired) electrons. The van der Waals surface area contributed by atoms with Gasteiger partial charge >= 0.3 is 0 Å². The van der Waals surface area contributed by atoms with E-state index in [9.17, 15) is 0 Å². The first-order valence-electron chi connectivity index (χ1n) is 7.57. The van der Waals surface area contributed by atoms with Crippen molar-refractivity contribution in [1.82, 2.24) is 4.90 Å². The Morgan fingerprint density at radius 2 is 2.16 bits per heavy atom. The molecule has 0 amide bonds. The van der Waals surface area contributed by atoms with E-state index in [0.717, 1.165) is 12.5 Å². The molecule has 19 heavy (non-hydrogen) atoms. The Balaban J connectivity index is 1.74. The van der Waals surface area contributed by atoms with E-state index >= 15 is 0 Å². The smallest absolute Gasteiger partial charge is 0.0429 e. The number of piperidine rings is 1. The lowest BCUT2D eigenvalue weighted by atomic mass is 9.98. The Morgan fingerprint density at radius 3 is 3.00 bits per heavy atom. The topological polar surface area (TPSA) is 15.3 Å². The summed E-state index contributed by atoms with van der Waals surface area (Å²) in [6.45, 7) is 4.82. The van der Waals surface area contributed by atoms with E-state index < -0.39 is 0 Å². The Morgan fingerprint density at radius 1 is 1.26 bits per heavy atom. The normalized spacial score (nSPS) is 27.3. The SMILES string of the molecule is CCc1cc(Br)ccc1NC1CCN2CCCCC12. The van der Waals surface area contributed by atoms with Crippen LogP contribution in [-0.4, -0.2) is 30.1 Å². The van der Waals surface area contributed by atoms with Crippen LogP contribution < -0.4 is 5.32 Å². The molecule has 3 heteroatoms. The van der Waals surface area contributed by atoms with Gasteiger partial charge in [-0.3, -0.25) is 4.90 Å². The molecule has 0 aliphatic carbocycles. The maximum atomic E-state index is 3.82. The summed E-state index contributed by atoms with van der Waals surface area (Å²) in [7, 11) is 0. The molecule has 104 valence electrons. The summed E-state index contributed by atoms with van der Waals surface area (Å²) in [5.41, 5.74) is 2.76. The van der Waals surface area contributed by atoms with Crippen LogP contribution in [0, 0.1) is 0 Å². The molecule has 2 unspecified atom stereocenters. The quantitative estimate of drug-likeness (QED) is 0.903. The van der Waals surface area contributed by atoms with Gasteiger partial charge in [-0.2, -0.15) is 0 Å². The van der Waals surface area contributed by atoms with E-state index in [1.54, 1.807) is 0 Å². The number of nitrogens with one attached hydrogen (secondary N) is 1. The first-order chi connectivity index (χ1) is 9.28. The van der Waals surface area contributed by atoms with Crippen molar-refractivity contribution in [2.45, 2.75) is 51.1 Å². The maximum Gasteiger partial charge on any atom is 0.0429 e. The number of fused-ring (bicyclic) bond motifs is 1. The van der Waals surface area contributed by atoms with Crippen molar-refractivity contribution in [2.24, 2.45) is 0 Å². The Hall–Kier alpha value is -0.540. The summed E-state index contributed by atoms with van der Waals surface area (Å²) in [4.78, 5) is 2.69. The number of rotatable bonds is 3. The zero-order chi connectivity index (χ0) is 13.2. The van der Waals surface area contributed by atoms with Gasteiger partial charge in [-0.15, -0.1) is 0 Å². The van der Waals surface area contributed by atoms with Crippen molar-refractivity contribution in [3.63, 3.8) is 0 Å². The second kappa shape index (κ2) is 5.84. The number of anilines is 1. The molecule has 1 aromatic carbocycles. The number of hydrogen-bond donors (Lipinski definition) is 1. The third-order valence-corrected chi connectivity index (χ3v) is 5.14. The van der Waals surface area contributed by atoms with Crippen LogP contribution in [0.3, 0.4) is 0 Å². The van der Waals surface area contributed by atoms with E-state index in [1.165, 1.54) is 54.5 Å². The fourth-order valence-corrected chi connectivity index (χ4v) is 4.02. The highest BCUT2D eigenvalue weighted by Gasteiger charge is 2.35. The van der Waals surface area contributed by atoms with Crippen LogP contribution >= 0.6 is 15.9 Å². The molecule has 3 rings (SSSR count). The number of aryl methyl sites for hydroxylation is 1. The van der Waals surface area contributed by atoms with Crippen LogP contribution in [0.25, 0.3) is 0 Å². The van der Waals surface area contributed by atoms with E-state index in [4.69, 9.17) is 0 Å². The van der Waals surface area contributed by atoms with Crippen LogP contribution in [0.4, 0.5) is 5.69 Å². The molecule has 0 spiro atoms. The zero-order valence-corrected chi connectivity index (χ0v) is 13.2. The molecule has 1 N–H and O–H groups in total. The molecule has 0 saturated carbocycles. The van der Waals surface area contributed by atoms with E-state index in [1.807, 2.05) is 0 Å². The summed E-state index contributed by atoms with van der Waals surface area (Å²) >= 11 is 3.57. The standard InChI is InChI=1S/C16H23BrN2/c1-2-12-11-13(17)6-7-14(12)18-15-8-10-19-9-4-3-5-16(15)19/h6-7,11,15-16,18H,2-5,8-10H2,1H3. The maximum absolute atomic E-state index is 3.82. The number of halogens is 1. The lowest BCUT2D eigenvalue weighted by molar-refractivity contribution is 0.192. The molecule has 2 fully saturated rings. The van der Waals surface area contributed by atoms with Gasteiger partial charge < -0.3 is 5.32 Å². The average Bonchev–Trinajstić information content (AvgIpc) is 2.84. The van der Waals surface area contributed by atoms with Crippen LogP contribution in [0.2, 0.25) is 0 Å². The van der Waals surface area contributed by atoms with Gasteiger partial charge in [-0.05, 0) is 56.0 Å². The molecular formula is C16H23BrN2. The van der Waals surface area contributed by atoms with Crippen molar-refractivity contribution in [1.29, 1.82) is 0 Å². The highest BCUT2D eigenvalue weighted by Crippen LogP contribution is 2.31. The lowest BCUT2D eigenvalue weighted by Crippen LogP contribution is -2.41. The van der Waals surface area contributed by atoms with Crippen LogP contribution in [0.15, 0.2) is 22.7 Å². The minimum Gasteiger partial charge on any atom is -0.380 e. The molecule has 2 aliphatic rings. The molecule has 0 aromatic heterocycles. The summed E-state index contributed by atoms with van der Waals surface area (Å²) in [6, 6.07) is 8.04. The van der Waals surface area contributed by atoms with Crippen molar-refractivity contribution >= 4 is 21.6 Å². The summed E-state index contributed by atoms with van der Waals surface area (Å²) < 4.78 is 1.18. The zero-order valence-electron chi connectivity index (χ0n) is 11.7. The molecule has 2 saturated heterocycles. The monoisotopic (exact) mass is 322 g/mol. The van der Waals surface area contributed by atoms with Gasteiger partial charge in [-0.25, -0.2) is 0 Å². The number of benzene rings is 1.